The van der Waals surface area contributed by atoms with Gasteiger partial charge >= 0.3 is 12.0 Å². The van der Waals surface area contributed by atoms with Gasteiger partial charge in [0.05, 0.1) is 19.6 Å². The zero-order valence-electron chi connectivity index (χ0n) is 15.8. The van der Waals surface area contributed by atoms with E-state index in [9.17, 15) is 9.59 Å². The minimum atomic E-state index is -0.470. The Labute approximate surface area is 171 Å². The molecular weight excluding hydrogens is 392 g/mol. The molecule has 9 heteroatoms. The normalized spacial score (nSPS) is 14.2. The van der Waals surface area contributed by atoms with Gasteiger partial charge < -0.3 is 19.9 Å². The molecule has 1 aromatic carbocycles. The van der Waals surface area contributed by atoms with Crippen molar-refractivity contribution in [2.24, 2.45) is 0 Å². The van der Waals surface area contributed by atoms with Gasteiger partial charge in [-0.1, -0.05) is 17.3 Å². The van der Waals surface area contributed by atoms with Gasteiger partial charge in [0.15, 0.2) is 5.82 Å². The summed E-state index contributed by atoms with van der Waals surface area (Å²) >= 11 is 1.46. The summed E-state index contributed by atoms with van der Waals surface area (Å²) in [5, 5.41) is 11.5. The number of aromatic nitrogens is 2. The first-order chi connectivity index (χ1) is 14.1. The molecule has 150 valence electrons. The van der Waals surface area contributed by atoms with Crippen molar-refractivity contribution in [2.75, 3.05) is 12.4 Å². The Balaban J connectivity index is 1.43. The molecule has 2 amide bonds. The lowest BCUT2D eigenvalue weighted by Crippen LogP contribution is -2.33. The second-order valence-electron chi connectivity index (χ2n) is 6.76. The number of nitrogens with zero attached hydrogens (tertiary/aromatic N) is 2. The Kier molecular flexibility index (Phi) is 5.57. The summed E-state index contributed by atoms with van der Waals surface area (Å²) in [4.78, 5) is 29.5. The minimum absolute atomic E-state index is 0.0520. The highest BCUT2D eigenvalue weighted by molar-refractivity contribution is 7.10. The van der Waals surface area contributed by atoms with Crippen LogP contribution in [0.5, 0.6) is 0 Å². The lowest BCUT2D eigenvalue weighted by Gasteiger charge is -2.17. The van der Waals surface area contributed by atoms with Crippen molar-refractivity contribution in [3.63, 3.8) is 0 Å². The molecule has 0 saturated heterocycles. The number of benzene rings is 1. The second kappa shape index (κ2) is 8.44. The van der Waals surface area contributed by atoms with Gasteiger partial charge in [-0.3, -0.25) is 4.79 Å². The Morgan fingerprint density at radius 3 is 2.90 bits per heavy atom. The number of nitrogens with one attached hydrogen (secondary N) is 2. The first-order valence-electron chi connectivity index (χ1n) is 9.24. The molecule has 2 aromatic heterocycles. The quantitative estimate of drug-likeness (QED) is 0.566. The molecular formula is C20H20N4O4S. The first-order valence-corrected chi connectivity index (χ1v) is 10.1. The zero-order valence-corrected chi connectivity index (χ0v) is 16.6. The van der Waals surface area contributed by atoms with Crippen LogP contribution in [-0.2, 0) is 9.53 Å². The van der Waals surface area contributed by atoms with Crippen LogP contribution in [0.15, 0.2) is 46.3 Å². The van der Waals surface area contributed by atoms with E-state index in [2.05, 4.69) is 20.8 Å². The number of hydrogen-bond donors (Lipinski definition) is 2. The number of anilines is 1. The van der Waals surface area contributed by atoms with E-state index in [1.54, 1.807) is 18.2 Å². The van der Waals surface area contributed by atoms with Crippen LogP contribution in [0.2, 0.25) is 0 Å². The van der Waals surface area contributed by atoms with Crippen LogP contribution >= 0.6 is 11.3 Å². The number of carbonyl (C=O) groups excluding carboxylic acids is 2. The van der Waals surface area contributed by atoms with E-state index in [-0.39, 0.29) is 6.42 Å². The maximum absolute atomic E-state index is 12.5. The van der Waals surface area contributed by atoms with Gasteiger partial charge in [0.25, 0.3) is 5.89 Å². The van der Waals surface area contributed by atoms with Crippen molar-refractivity contribution in [2.45, 2.75) is 31.2 Å². The number of esters is 1. The van der Waals surface area contributed by atoms with Crippen LogP contribution in [0.1, 0.15) is 41.9 Å². The highest BCUT2D eigenvalue weighted by Crippen LogP contribution is 2.39. The van der Waals surface area contributed by atoms with Crippen LogP contribution in [0.25, 0.3) is 11.5 Å². The monoisotopic (exact) mass is 412 g/mol. The number of amides is 2. The Bertz CT molecular complexity index is 998. The van der Waals surface area contributed by atoms with E-state index in [0.717, 1.165) is 29.1 Å². The third-order valence-electron chi connectivity index (χ3n) is 4.54. The Hall–Kier alpha value is -3.20. The molecule has 1 aliphatic rings. The molecule has 1 aliphatic carbocycles. The van der Waals surface area contributed by atoms with E-state index >= 15 is 0 Å². The maximum atomic E-state index is 12.5. The molecule has 0 spiro atoms. The van der Waals surface area contributed by atoms with E-state index < -0.39 is 18.0 Å². The van der Waals surface area contributed by atoms with E-state index in [4.69, 9.17) is 9.26 Å². The van der Waals surface area contributed by atoms with E-state index in [1.165, 1.54) is 18.4 Å². The summed E-state index contributed by atoms with van der Waals surface area (Å²) in [6.07, 6.45) is 2.24. The average molecular weight is 412 g/mol. The van der Waals surface area contributed by atoms with Crippen LogP contribution in [0, 0.1) is 0 Å². The fourth-order valence-corrected chi connectivity index (χ4v) is 3.66. The molecule has 0 bridgehead atoms. The second-order valence-corrected chi connectivity index (χ2v) is 7.74. The molecule has 0 aliphatic heterocycles. The molecule has 0 radical (unpaired) electrons. The Morgan fingerprint density at radius 1 is 1.31 bits per heavy atom. The zero-order chi connectivity index (χ0) is 20.2. The summed E-state index contributed by atoms with van der Waals surface area (Å²) < 4.78 is 10.1. The lowest BCUT2D eigenvalue weighted by molar-refractivity contribution is -0.141. The van der Waals surface area contributed by atoms with Crippen LogP contribution in [0.3, 0.4) is 0 Å². The lowest BCUT2D eigenvalue weighted by atomic mass is 10.1. The van der Waals surface area contributed by atoms with Crippen molar-refractivity contribution in [3.8, 4) is 11.5 Å². The fourth-order valence-electron chi connectivity index (χ4n) is 2.88. The largest absolute Gasteiger partial charge is 0.469 e. The predicted octanol–water partition coefficient (Wildman–Crippen LogP) is 4.10. The van der Waals surface area contributed by atoms with Crippen molar-refractivity contribution in [1.82, 2.24) is 15.5 Å². The molecule has 2 N–H and O–H groups in total. The number of urea groups is 1. The topological polar surface area (TPSA) is 106 Å². The van der Waals surface area contributed by atoms with Crippen LogP contribution in [0.4, 0.5) is 10.5 Å². The van der Waals surface area contributed by atoms with Gasteiger partial charge in [-0.25, -0.2) is 4.79 Å². The predicted molar refractivity (Wildman–Crippen MR) is 108 cm³/mol. The van der Waals surface area contributed by atoms with Gasteiger partial charge in [-0.2, -0.15) is 4.98 Å². The number of carbonyl (C=O) groups is 2. The first kappa shape index (κ1) is 19.1. The number of hydrogen-bond acceptors (Lipinski definition) is 7. The molecule has 4 rings (SSSR count). The smallest absolute Gasteiger partial charge is 0.319 e. The highest BCUT2D eigenvalue weighted by atomic mass is 32.1. The SMILES string of the molecule is COC(=O)C[C@@H](NC(=O)Nc1cccc(-c2nc(C3CC3)no2)c1)c1cccs1. The van der Waals surface area contributed by atoms with Crippen LogP contribution < -0.4 is 10.6 Å². The highest BCUT2D eigenvalue weighted by Gasteiger charge is 2.29. The number of rotatable bonds is 7. The summed E-state index contributed by atoms with van der Waals surface area (Å²) in [6, 6.07) is 10.0. The van der Waals surface area contributed by atoms with Crippen molar-refractivity contribution in [3.05, 3.63) is 52.5 Å². The molecule has 3 aromatic rings. The number of thiophene rings is 1. The third kappa shape index (κ3) is 4.80. The van der Waals surface area contributed by atoms with E-state index in [1.807, 2.05) is 23.6 Å². The van der Waals surface area contributed by atoms with Gasteiger partial charge in [-0.15, -0.1) is 11.3 Å². The minimum Gasteiger partial charge on any atom is -0.469 e. The molecule has 1 atom stereocenters. The molecule has 8 nitrogen and oxygen atoms in total. The summed E-state index contributed by atoms with van der Waals surface area (Å²) in [5.74, 6) is 1.17. The van der Waals surface area contributed by atoms with Crippen molar-refractivity contribution in [1.29, 1.82) is 0 Å². The fraction of sp³-hybridized carbons (Fsp3) is 0.300. The van der Waals surface area contributed by atoms with Crippen molar-refractivity contribution < 1.29 is 18.8 Å². The maximum Gasteiger partial charge on any atom is 0.319 e. The third-order valence-corrected chi connectivity index (χ3v) is 5.53. The van der Waals surface area contributed by atoms with Crippen LogP contribution in [-0.4, -0.2) is 29.3 Å². The van der Waals surface area contributed by atoms with Gasteiger partial charge in [0, 0.05) is 22.0 Å². The molecule has 2 heterocycles. The summed E-state index contributed by atoms with van der Waals surface area (Å²) in [7, 11) is 1.32. The van der Waals surface area contributed by atoms with Gasteiger partial charge in [0.1, 0.15) is 0 Å². The summed E-state index contributed by atoms with van der Waals surface area (Å²) in [5.41, 5.74) is 1.31. The summed E-state index contributed by atoms with van der Waals surface area (Å²) in [6.45, 7) is 0. The van der Waals surface area contributed by atoms with E-state index in [0.29, 0.717) is 17.5 Å². The molecule has 29 heavy (non-hydrogen) atoms. The molecule has 1 fully saturated rings. The molecule has 1 saturated carbocycles. The molecule has 0 unspecified atom stereocenters. The number of ether oxygens (including phenoxy) is 1. The Morgan fingerprint density at radius 2 is 2.17 bits per heavy atom. The van der Waals surface area contributed by atoms with Crippen molar-refractivity contribution >= 4 is 29.0 Å². The van der Waals surface area contributed by atoms with Gasteiger partial charge in [-0.05, 0) is 42.5 Å². The standard InChI is InChI=1S/C20H20N4O4S/c1-27-17(25)11-15(16-6-3-9-29-16)22-20(26)21-14-5-2-4-13(10-14)19-23-18(24-28-19)12-7-8-12/h2-6,9-10,12,15H,7-8,11H2,1H3,(H2,21,22,26)/t15-/m1/s1. The average Bonchev–Trinajstić information content (AvgIpc) is 3.21. The van der Waals surface area contributed by atoms with Gasteiger partial charge in [0.2, 0.25) is 0 Å². The number of methoxy groups -OCH3 is 1.